The number of anilines is 3. The summed E-state index contributed by atoms with van der Waals surface area (Å²) in [6.07, 6.45) is 3.53. The van der Waals surface area contributed by atoms with Gasteiger partial charge in [0, 0.05) is 32.2 Å². The first-order valence-corrected chi connectivity index (χ1v) is 8.17. The van der Waals surface area contributed by atoms with Crippen molar-refractivity contribution >= 4 is 17.8 Å². The first-order chi connectivity index (χ1) is 10.2. The zero-order valence-corrected chi connectivity index (χ0v) is 13.8. The van der Waals surface area contributed by atoms with Crippen LogP contribution in [0.5, 0.6) is 0 Å². The highest BCUT2D eigenvalue weighted by Crippen LogP contribution is 2.21. The van der Waals surface area contributed by atoms with Crippen LogP contribution in [-0.4, -0.2) is 47.2 Å². The number of rotatable bonds is 7. The molecule has 0 aromatic carbocycles. The van der Waals surface area contributed by atoms with E-state index in [-0.39, 0.29) is 0 Å². The second kappa shape index (κ2) is 7.43. The molecule has 0 amide bonds. The summed E-state index contributed by atoms with van der Waals surface area (Å²) in [6.45, 7) is 12.5. The van der Waals surface area contributed by atoms with E-state index in [2.05, 4.69) is 52.8 Å². The molecule has 0 unspecified atom stereocenters. The van der Waals surface area contributed by atoms with Gasteiger partial charge in [0.25, 0.3) is 0 Å². The van der Waals surface area contributed by atoms with Crippen molar-refractivity contribution in [1.29, 1.82) is 0 Å². The Balaban J connectivity index is 2.33. The topological polar surface area (TPSA) is 57.2 Å². The Morgan fingerprint density at radius 2 is 1.86 bits per heavy atom. The molecule has 6 nitrogen and oxygen atoms in total. The predicted molar refractivity (Wildman–Crippen MR) is 88.2 cm³/mol. The summed E-state index contributed by atoms with van der Waals surface area (Å²) in [5.41, 5.74) is 0. The number of hydrogen-bond donors (Lipinski definition) is 1. The Labute approximate surface area is 128 Å². The molecule has 1 aromatic heterocycles. The van der Waals surface area contributed by atoms with Gasteiger partial charge in [-0.2, -0.15) is 15.0 Å². The summed E-state index contributed by atoms with van der Waals surface area (Å²) in [4.78, 5) is 18.4. The van der Waals surface area contributed by atoms with Crippen molar-refractivity contribution < 1.29 is 0 Å². The number of aromatic nitrogens is 3. The highest BCUT2D eigenvalue weighted by Gasteiger charge is 2.20. The maximum atomic E-state index is 4.73. The average molecular weight is 292 g/mol. The summed E-state index contributed by atoms with van der Waals surface area (Å²) >= 11 is 0. The molecule has 1 aromatic rings. The van der Waals surface area contributed by atoms with Crippen LogP contribution in [-0.2, 0) is 0 Å². The number of nitrogens with zero attached hydrogens (tertiary/aromatic N) is 5. The second-order valence-electron chi connectivity index (χ2n) is 5.77. The zero-order chi connectivity index (χ0) is 15.2. The van der Waals surface area contributed by atoms with Crippen molar-refractivity contribution in [2.45, 2.75) is 53.0 Å². The molecule has 0 atom stereocenters. The van der Waals surface area contributed by atoms with Crippen LogP contribution in [0.25, 0.3) is 0 Å². The van der Waals surface area contributed by atoms with E-state index >= 15 is 0 Å². The molecule has 118 valence electrons. The van der Waals surface area contributed by atoms with Gasteiger partial charge in [-0.1, -0.05) is 6.92 Å². The Morgan fingerprint density at radius 1 is 1.14 bits per heavy atom. The molecule has 2 rings (SSSR count). The highest BCUT2D eigenvalue weighted by atomic mass is 15.4. The predicted octanol–water partition coefficient (Wildman–Crippen LogP) is 2.53. The number of hydrogen-bond acceptors (Lipinski definition) is 6. The van der Waals surface area contributed by atoms with Crippen LogP contribution in [0.4, 0.5) is 17.8 Å². The molecule has 1 aliphatic heterocycles. The van der Waals surface area contributed by atoms with Crippen LogP contribution in [0.15, 0.2) is 0 Å². The molecule has 0 spiro atoms. The lowest BCUT2D eigenvalue weighted by atomic mass is 10.3. The van der Waals surface area contributed by atoms with Gasteiger partial charge in [0.1, 0.15) is 0 Å². The van der Waals surface area contributed by atoms with Crippen LogP contribution in [0.3, 0.4) is 0 Å². The van der Waals surface area contributed by atoms with Crippen LogP contribution in [0, 0.1) is 0 Å². The van der Waals surface area contributed by atoms with Gasteiger partial charge in [0.2, 0.25) is 17.8 Å². The molecule has 0 aliphatic carbocycles. The average Bonchev–Trinajstić information content (AvgIpc) is 2.98. The first-order valence-electron chi connectivity index (χ1n) is 8.17. The largest absolute Gasteiger partial charge is 0.354 e. The molecule has 0 saturated carbocycles. The third-order valence-corrected chi connectivity index (χ3v) is 3.68. The molecule has 1 N–H and O–H groups in total. The normalized spacial score (nSPS) is 14.8. The van der Waals surface area contributed by atoms with Crippen molar-refractivity contribution in [1.82, 2.24) is 15.0 Å². The second-order valence-corrected chi connectivity index (χ2v) is 5.77. The third-order valence-electron chi connectivity index (χ3n) is 3.68. The van der Waals surface area contributed by atoms with Crippen LogP contribution < -0.4 is 15.1 Å². The van der Waals surface area contributed by atoms with Gasteiger partial charge in [-0.25, -0.2) is 0 Å². The zero-order valence-electron chi connectivity index (χ0n) is 13.8. The molecule has 0 radical (unpaired) electrons. The molecule has 0 bridgehead atoms. The standard InChI is InChI=1S/C15H28N6/c1-5-9-21(12(3)4)15-18-13(16-6-2)17-14(19-15)20-10-7-8-11-20/h12H,5-11H2,1-4H3,(H,16,17,18,19). The van der Waals surface area contributed by atoms with Gasteiger partial charge >= 0.3 is 0 Å². The van der Waals surface area contributed by atoms with Gasteiger partial charge in [-0.05, 0) is 40.0 Å². The van der Waals surface area contributed by atoms with Gasteiger partial charge in [-0.15, -0.1) is 0 Å². The van der Waals surface area contributed by atoms with Gasteiger partial charge in [-0.3, -0.25) is 0 Å². The third kappa shape index (κ3) is 3.95. The first kappa shape index (κ1) is 15.8. The van der Waals surface area contributed by atoms with E-state index in [0.717, 1.165) is 44.5 Å². The molecule has 1 aliphatic rings. The van der Waals surface area contributed by atoms with Crippen molar-refractivity contribution in [3.63, 3.8) is 0 Å². The highest BCUT2D eigenvalue weighted by molar-refractivity contribution is 5.46. The summed E-state index contributed by atoms with van der Waals surface area (Å²) in [6, 6.07) is 0.383. The Kier molecular flexibility index (Phi) is 5.59. The van der Waals surface area contributed by atoms with E-state index < -0.39 is 0 Å². The van der Waals surface area contributed by atoms with Crippen LogP contribution >= 0.6 is 0 Å². The minimum Gasteiger partial charge on any atom is -0.354 e. The minimum atomic E-state index is 0.383. The van der Waals surface area contributed by atoms with Crippen LogP contribution in [0.1, 0.15) is 47.0 Å². The molecule has 6 heteroatoms. The van der Waals surface area contributed by atoms with Crippen molar-refractivity contribution in [2.75, 3.05) is 41.3 Å². The molecule has 2 heterocycles. The van der Waals surface area contributed by atoms with E-state index in [1.807, 2.05) is 0 Å². The Bertz CT molecular complexity index is 442. The molecular formula is C15H28N6. The summed E-state index contributed by atoms with van der Waals surface area (Å²) in [7, 11) is 0. The van der Waals surface area contributed by atoms with E-state index in [0.29, 0.717) is 12.0 Å². The monoisotopic (exact) mass is 292 g/mol. The number of nitrogens with one attached hydrogen (secondary N) is 1. The van der Waals surface area contributed by atoms with Gasteiger partial charge in [0.05, 0.1) is 0 Å². The molecule has 21 heavy (non-hydrogen) atoms. The van der Waals surface area contributed by atoms with E-state index in [1.54, 1.807) is 0 Å². The van der Waals surface area contributed by atoms with Crippen molar-refractivity contribution in [2.24, 2.45) is 0 Å². The van der Waals surface area contributed by atoms with Crippen LogP contribution in [0.2, 0.25) is 0 Å². The summed E-state index contributed by atoms with van der Waals surface area (Å²) < 4.78 is 0. The summed E-state index contributed by atoms with van der Waals surface area (Å²) in [5, 5.41) is 3.23. The van der Waals surface area contributed by atoms with E-state index in [1.165, 1.54) is 12.8 Å². The fourth-order valence-electron chi connectivity index (χ4n) is 2.61. The lowest BCUT2D eigenvalue weighted by molar-refractivity contribution is 0.648. The van der Waals surface area contributed by atoms with E-state index in [9.17, 15) is 0 Å². The maximum Gasteiger partial charge on any atom is 0.232 e. The quantitative estimate of drug-likeness (QED) is 0.833. The van der Waals surface area contributed by atoms with E-state index in [4.69, 9.17) is 4.98 Å². The minimum absolute atomic E-state index is 0.383. The maximum absolute atomic E-state index is 4.73. The SMILES string of the molecule is CCCN(c1nc(NCC)nc(N2CCCC2)n1)C(C)C. The van der Waals surface area contributed by atoms with Crippen molar-refractivity contribution in [3.05, 3.63) is 0 Å². The van der Waals surface area contributed by atoms with Gasteiger partial charge < -0.3 is 15.1 Å². The van der Waals surface area contributed by atoms with Gasteiger partial charge in [0.15, 0.2) is 0 Å². The lowest BCUT2D eigenvalue weighted by Crippen LogP contribution is -2.34. The van der Waals surface area contributed by atoms with Crippen molar-refractivity contribution in [3.8, 4) is 0 Å². The Morgan fingerprint density at radius 3 is 2.43 bits per heavy atom. The fourth-order valence-corrected chi connectivity index (χ4v) is 2.61. The molecule has 1 fully saturated rings. The smallest absolute Gasteiger partial charge is 0.232 e. The lowest BCUT2D eigenvalue weighted by Gasteiger charge is -2.27. The molecule has 1 saturated heterocycles. The fraction of sp³-hybridized carbons (Fsp3) is 0.800. The molecular weight excluding hydrogens is 264 g/mol. The Hall–Kier alpha value is -1.59. The summed E-state index contributed by atoms with van der Waals surface area (Å²) in [5.74, 6) is 2.29.